The summed E-state index contributed by atoms with van der Waals surface area (Å²) in [5.41, 5.74) is 8.70. The number of hydrogen-bond acceptors (Lipinski definition) is 6. The van der Waals surface area contributed by atoms with Gasteiger partial charge in [-0.15, -0.1) is 0 Å². The smallest absolute Gasteiger partial charge is 0.306 e. The van der Waals surface area contributed by atoms with E-state index in [0.717, 1.165) is 23.1 Å². The Morgan fingerprint density at radius 3 is 2.33 bits per heavy atom. The molecule has 1 fully saturated rings. The molecule has 0 saturated carbocycles. The average molecular weight is 340 g/mol. The molecule has 0 spiro atoms. The number of aliphatic hydroxyl groups is 1. The molecule has 2 aromatic carbocycles. The summed E-state index contributed by atoms with van der Waals surface area (Å²) in [5, 5.41) is 19.1. The first kappa shape index (κ1) is 16.3. The summed E-state index contributed by atoms with van der Waals surface area (Å²) in [6.45, 7) is 0.776. The third-order valence-electron chi connectivity index (χ3n) is 3.76. The maximum Gasteiger partial charge on any atom is 0.306 e. The van der Waals surface area contributed by atoms with Crippen LogP contribution in [0.5, 0.6) is 0 Å². The van der Waals surface area contributed by atoms with Crippen LogP contribution < -0.4 is 10.0 Å². The molecule has 0 bridgehead atoms. The summed E-state index contributed by atoms with van der Waals surface area (Å²) in [6.07, 6.45) is -1.07. The van der Waals surface area contributed by atoms with Crippen molar-refractivity contribution in [3.8, 4) is 6.07 Å². The van der Waals surface area contributed by atoms with Crippen molar-refractivity contribution >= 4 is 22.9 Å². The van der Waals surface area contributed by atoms with E-state index < -0.39 is 6.35 Å². The first-order chi connectivity index (χ1) is 11.6. The van der Waals surface area contributed by atoms with Crippen LogP contribution in [0.2, 0.25) is 0 Å². The third kappa shape index (κ3) is 3.21. The van der Waals surface area contributed by atoms with Gasteiger partial charge < -0.3 is 10.8 Å². The monoisotopic (exact) mass is 340 g/mol. The highest BCUT2D eigenvalue weighted by atomic mass is 32.2. The first-order valence-corrected chi connectivity index (χ1v) is 8.13. The fraction of sp³-hybridized carbons (Fsp3) is 0.176. The zero-order valence-electron chi connectivity index (χ0n) is 12.8. The number of amides is 1. The maximum absolute atomic E-state index is 12.2. The Kier molecular flexibility index (Phi) is 4.71. The minimum Gasteiger partial charge on any atom is -0.356 e. The van der Waals surface area contributed by atoms with Crippen LogP contribution in [-0.2, 0) is 13.1 Å². The van der Waals surface area contributed by atoms with E-state index in [9.17, 15) is 9.90 Å². The van der Waals surface area contributed by atoms with Gasteiger partial charge in [-0.1, -0.05) is 24.3 Å². The lowest BCUT2D eigenvalue weighted by molar-refractivity contribution is 0.0537. The topological polar surface area (TPSA) is 93.6 Å². The second-order valence-electron chi connectivity index (χ2n) is 5.34. The molecular formula is C17H16N4O2S. The van der Waals surface area contributed by atoms with Crippen molar-refractivity contribution in [1.82, 2.24) is 4.90 Å². The molecule has 3 N–H and O–H groups in total. The molecule has 1 amide bonds. The Hall–Kier alpha value is -2.53. The van der Waals surface area contributed by atoms with Crippen molar-refractivity contribution in [3.63, 3.8) is 0 Å². The Balaban J connectivity index is 1.75. The van der Waals surface area contributed by atoms with Crippen LogP contribution >= 0.6 is 11.9 Å². The zero-order chi connectivity index (χ0) is 17.1. The molecule has 0 aliphatic carbocycles. The van der Waals surface area contributed by atoms with Gasteiger partial charge in [-0.05, 0) is 35.4 Å². The van der Waals surface area contributed by atoms with Gasteiger partial charge in [0.1, 0.15) is 0 Å². The quantitative estimate of drug-likeness (QED) is 0.830. The number of nitrogens with two attached hydrogens (primary N) is 1. The highest BCUT2D eigenvalue weighted by Crippen LogP contribution is 2.35. The molecule has 7 heteroatoms. The van der Waals surface area contributed by atoms with E-state index in [2.05, 4.69) is 0 Å². The summed E-state index contributed by atoms with van der Waals surface area (Å²) in [6, 6.07) is 16.4. The maximum atomic E-state index is 12.2. The summed E-state index contributed by atoms with van der Waals surface area (Å²) in [7, 11) is 0. The standard InChI is InChI=1S/C17H16N4O2S/c18-9-12-1-3-14(4-2-12)11-20-16(22)21(24-17(20)23)15-7-5-13(10-19)6-8-15/h1-8,16,22H,9,11,18H2. The van der Waals surface area contributed by atoms with Crippen molar-refractivity contribution in [2.24, 2.45) is 5.73 Å². The number of carbonyl (C=O) groups excluding carboxylic acids is 1. The SMILES string of the molecule is N#Cc1ccc(N2SC(=O)N(Cc3ccc(CN)cc3)C2O)cc1. The van der Waals surface area contributed by atoms with Crippen LogP contribution in [0.25, 0.3) is 0 Å². The van der Waals surface area contributed by atoms with E-state index in [1.165, 1.54) is 9.21 Å². The lowest BCUT2D eigenvalue weighted by Gasteiger charge is -2.24. The second-order valence-corrected chi connectivity index (χ2v) is 6.26. The molecule has 1 unspecified atom stereocenters. The third-order valence-corrected chi connectivity index (χ3v) is 4.75. The molecule has 1 atom stereocenters. The molecule has 1 aliphatic heterocycles. The lowest BCUT2D eigenvalue weighted by Crippen LogP contribution is -2.38. The fourth-order valence-electron chi connectivity index (χ4n) is 2.40. The van der Waals surface area contributed by atoms with E-state index >= 15 is 0 Å². The summed E-state index contributed by atoms with van der Waals surface area (Å²) < 4.78 is 1.53. The minimum absolute atomic E-state index is 0.227. The molecule has 0 radical (unpaired) electrons. The molecule has 1 saturated heterocycles. The van der Waals surface area contributed by atoms with Crippen molar-refractivity contribution < 1.29 is 9.90 Å². The molecule has 0 aromatic heterocycles. The van der Waals surface area contributed by atoms with Crippen LogP contribution in [-0.4, -0.2) is 21.6 Å². The Labute approximate surface area is 144 Å². The van der Waals surface area contributed by atoms with E-state index in [4.69, 9.17) is 11.0 Å². The number of aliphatic hydroxyl groups excluding tert-OH is 1. The summed E-state index contributed by atoms with van der Waals surface area (Å²) in [4.78, 5) is 13.6. The van der Waals surface area contributed by atoms with Crippen LogP contribution in [0.3, 0.4) is 0 Å². The lowest BCUT2D eigenvalue weighted by atomic mass is 10.1. The van der Waals surface area contributed by atoms with Gasteiger partial charge in [0.05, 0.1) is 35.8 Å². The van der Waals surface area contributed by atoms with Crippen molar-refractivity contribution in [2.75, 3.05) is 4.31 Å². The number of nitrogens with zero attached hydrogens (tertiary/aromatic N) is 3. The zero-order valence-corrected chi connectivity index (χ0v) is 13.6. The molecule has 1 aliphatic rings. The van der Waals surface area contributed by atoms with Crippen LogP contribution in [0.15, 0.2) is 48.5 Å². The predicted molar refractivity (Wildman–Crippen MR) is 92.5 cm³/mol. The highest BCUT2D eigenvalue weighted by Gasteiger charge is 2.38. The Morgan fingerprint density at radius 2 is 1.75 bits per heavy atom. The van der Waals surface area contributed by atoms with Gasteiger partial charge in [0.15, 0.2) is 0 Å². The normalized spacial score (nSPS) is 17.2. The molecule has 6 nitrogen and oxygen atoms in total. The van der Waals surface area contributed by atoms with Crippen molar-refractivity contribution in [3.05, 3.63) is 65.2 Å². The Morgan fingerprint density at radius 1 is 1.12 bits per heavy atom. The van der Waals surface area contributed by atoms with E-state index in [-0.39, 0.29) is 5.24 Å². The van der Waals surface area contributed by atoms with Gasteiger partial charge in [0.2, 0.25) is 6.35 Å². The number of nitriles is 1. The molecule has 24 heavy (non-hydrogen) atoms. The fourth-order valence-corrected chi connectivity index (χ4v) is 3.26. The van der Waals surface area contributed by atoms with Gasteiger partial charge >= 0.3 is 5.24 Å². The van der Waals surface area contributed by atoms with Gasteiger partial charge in [-0.3, -0.25) is 14.0 Å². The number of rotatable bonds is 4. The molecule has 122 valence electrons. The van der Waals surface area contributed by atoms with Gasteiger partial charge in [0, 0.05) is 6.54 Å². The van der Waals surface area contributed by atoms with Gasteiger partial charge in [0.25, 0.3) is 0 Å². The van der Waals surface area contributed by atoms with Crippen LogP contribution in [0, 0.1) is 11.3 Å². The second kappa shape index (κ2) is 6.93. The Bertz CT molecular complexity index is 771. The summed E-state index contributed by atoms with van der Waals surface area (Å²) in [5.74, 6) is 0. The molecular weight excluding hydrogens is 324 g/mol. The number of carbonyl (C=O) groups is 1. The van der Waals surface area contributed by atoms with Gasteiger partial charge in [-0.2, -0.15) is 5.26 Å². The minimum atomic E-state index is -1.07. The first-order valence-electron chi connectivity index (χ1n) is 7.36. The highest BCUT2D eigenvalue weighted by molar-refractivity contribution is 8.15. The van der Waals surface area contributed by atoms with Crippen LogP contribution in [0.1, 0.15) is 16.7 Å². The largest absolute Gasteiger partial charge is 0.356 e. The summed E-state index contributed by atoms with van der Waals surface area (Å²) >= 11 is 0.943. The molecule has 2 aromatic rings. The van der Waals surface area contributed by atoms with Crippen LogP contribution in [0.4, 0.5) is 10.5 Å². The number of benzene rings is 2. The number of hydrogen-bond donors (Lipinski definition) is 2. The van der Waals surface area contributed by atoms with Crippen molar-refractivity contribution in [1.29, 1.82) is 5.26 Å². The molecule has 1 heterocycles. The van der Waals surface area contributed by atoms with Crippen molar-refractivity contribution in [2.45, 2.75) is 19.4 Å². The van der Waals surface area contributed by atoms with E-state index in [0.29, 0.717) is 24.3 Å². The van der Waals surface area contributed by atoms with Gasteiger partial charge in [-0.25, -0.2) is 0 Å². The predicted octanol–water partition coefficient (Wildman–Crippen LogP) is 2.38. The number of anilines is 1. The van der Waals surface area contributed by atoms with E-state index in [1.807, 2.05) is 30.3 Å². The van der Waals surface area contributed by atoms with E-state index in [1.54, 1.807) is 24.3 Å². The molecule has 3 rings (SSSR count). The average Bonchev–Trinajstić information content (AvgIpc) is 2.90.